The molecular weight excluding hydrogens is 311 g/mol. The van der Waals surface area contributed by atoms with Crippen LogP contribution in [0.2, 0.25) is 0 Å². The Hall–Kier alpha value is -3.22. The molecule has 0 spiro atoms. The van der Waals surface area contributed by atoms with Gasteiger partial charge in [0.25, 0.3) is 6.23 Å². The van der Waals surface area contributed by atoms with Crippen LogP contribution in [-0.2, 0) is 9.53 Å². The van der Waals surface area contributed by atoms with Gasteiger partial charge in [-0.2, -0.15) is 0 Å². The number of rotatable bonds is 2. The lowest BCUT2D eigenvalue weighted by molar-refractivity contribution is -0.146. The molecule has 0 saturated heterocycles. The first-order valence-electron chi connectivity index (χ1n) is 7.36. The van der Waals surface area contributed by atoms with E-state index >= 15 is 0 Å². The van der Waals surface area contributed by atoms with Crippen LogP contribution in [0.3, 0.4) is 0 Å². The molecule has 6 nitrogen and oxygen atoms in total. The van der Waals surface area contributed by atoms with E-state index in [0.29, 0.717) is 28.5 Å². The van der Waals surface area contributed by atoms with Gasteiger partial charge < -0.3 is 9.72 Å². The molecule has 1 aliphatic heterocycles. The average Bonchev–Trinajstić information content (AvgIpc) is 3.21. The first kappa shape index (κ1) is 14.4. The molecule has 0 radical (unpaired) electrons. The highest BCUT2D eigenvalue weighted by Crippen LogP contribution is 2.30. The highest BCUT2D eigenvalue weighted by Gasteiger charge is 2.28. The second-order valence-corrected chi connectivity index (χ2v) is 5.34. The fourth-order valence-electron chi connectivity index (χ4n) is 2.78. The van der Waals surface area contributed by atoms with Crippen LogP contribution in [0.15, 0.2) is 53.9 Å². The summed E-state index contributed by atoms with van der Waals surface area (Å²) in [4.78, 5) is 23.4. The molecule has 1 aliphatic rings. The summed E-state index contributed by atoms with van der Waals surface area (Å²) in [6.45, 7) is 1.31. The summed E-state index contributed by atoms with van der Waals surface area (Å²) in [5, 5.41) is 0. The SMILES string of the molecule is CC(=O)OC1N=C(c2ccc[nH]2)c2cc(F)ccc2-n2ccnc21. The van der Waals surface area contributed by atoms with Crippen LogP contribution >= 0.6 is 0 Å². The standard InChI is InChI=1S/C17H13FN4O2/c1-10(23)24-17-16-20-7-8-22(16)14-5-4-11(18)9-12(14)15(21-17)13-3-2-6-19-13/h2-9,17,19H,1H3. The van der Waals surface area contributed by atoms with Crippen molar-refractivity contribution in [2.24, 2.45) is 4.99 Å². The van der Waals surface area contributed by atoms with Gasteiger partial charge in [0.2, 0.25) is 0 Å². The van der Waals surface area contributed by atoms with Crippen molar-refractivity contribution in [3.63, 3.8) is 0 Å². The molecule has 4 rings (SSSR count). The number of nitrogens with zero attached hydrogens (tertiary/aromatic N) is 3. The molecule has 0 amide bonds. The Morgan fingerprint density at radius 3 is 3.00 bits per heavy atom. The molecule has 24 heavy (non-hydrogen) atoms. The number of aliphatic imine (C=N–C) groups is 1. The second-order valence-electron chi connectivity index (χ2n) is 5.34. The van der Waals surface area contributed by atoms with E-state index in [0.717, 1.165) is 0 Å². The number of ether oxygens (including phenoxy) is 1. The van der Waals surface area contributed by atoms with Gasteiger partial charge in [0.05, 0.1) is 17.1 Å². The van der Waals surface area contributed by atoms with Gasteiger partial charge in [-0.3, -0.25) is 9.36 Å². The zero-order chi connectivity index (χ0) is 16.7. The molecule has 0 aliphatic carbocycles. The van der Waals surface area contributed by atoms with Gasteiger partial charge in [-0.05, 0) is 30.3 Å². The van der Waals surface area contributed by atoms with E-state index in [2.05, 4.69) is 15.0 Å². The summed E-state index contributed by atoms with van der Waals surface area (Å²) < 4.78 is 21.0. The van der Waals surface area contributed by atoms with Crippen LogP contribution < -0.4 is 0 Å². The van der Waals surface area contributed by atoms with Crippen molar-refractivity contribution in [2.75, 3.05) is 0 Å². The molecule has 1 unspecified atom stereocenters. The van der Waals surface area contributed by atoms with Gasteiger partial charge in [0.1, 0.15) is 5.82 Å². The smallest absolute Gasteiger partial charge is 0.304 e. The average molecular weight is 324 g/mol. The van der Waals surface area contributed by atoms with Crippen LogP contribution in [0.4, 0.5) is 4.39 Å². The number of carbonyl (C=O) groups excluding carboxylic acids is 1. The lowest BCUT2D eigenvalue weighted by Gasteiger charge is -2.12. The second kappa shape index (κ2) is 5.45. The van der Waals surface area contributed by atoms with Crippen LogP contribution in [0, 0.1) is 5.82 Å². The van der Waals surface area contributed by atoms with E-state index in [-0.39, 0.29) is 5.82 Å². The van der Waals surface area contributed by atoms with Crippen molar-refractivity contribution in [2.45, 2.75) is 13.2 Å². The Kier molecular flexibility index (Phi) is 3.26. The Bertz CT molecular complexity index is 943. The van der Waals surface area contributed by atoms with Crippen LogP contribution in [0.1, 0.15) is 30.2 Å². The number of carbonyl (C=O) groups is 1. The predicted octanol–water partition coefficient (Wildman–Crippen LogP) is 2.75. The maximum absolute atomic E-state index is 13.9. The third-order valence-corrected chi connectivity index (χ3v) is 3.74. The molecule has 120 valence electrons. The van der Waals surface area contributed by atoms with Gasteiger partial charge in [-0.1, -0.05) is 0 Å². The minimum atomic E-state index is -0.911. The lowest BCUT2D eigenvalue weighted by atomic mass is 10.0. The molecule has 3 heterocycles. The van der Waals surface area contributed by atoms with E-state index in [9.17, 15) is 9.18 Å². The Morgan fingerprint density at radius 1 is 1.38 bits per heavy atom. The Labute approximate surface area is 136 Å². The van der Waals surface area contributed by atoms with E-state index in [4.69, 9.17) is 4.74 Å². The molecule has 3 aromatic rings. The fourth-order valence-corrected chi connectivity index (χ4v) is 2.78. The monoisotopic (exact) mass is 324 g/mol. The number of imidazole rings is 1. The summed E-state index contributed by atoms with van der Waals surface area (Å²) in [6.07, 6.45) is 4.16. The number of aromatic amines is 1. The third kappa shape index (κ3) is 2.30. The number of esters is 1. The summed E-state index contributed by atoms with van der Waals surface area (Å²) in [5.74, 6) is -0.388. The number of nitrogens with one attached hydrogen (secondary N) is 1. The topological polar surface area (TPSA) is 72.3 Å². The molecule has 1 aromatic carbocycles. The van der Waals surface area contributed by atoms with E-state index in [1.165, 1.54) is 19.1 Å². The van der Waals surface area contributed by atoms with Crippen LogP contribution in [0.25, 0.3) is 5.69 Å². The van der Waals surface area contributed by atoms with Gasteiger partial charge in [-0.15, -0.1) is 0 Å². The molecule has 0 fully saturated rings. The molecule has 0 saturated carbocycles. The molecular formula is C17H13FN4O2. The van der Waals surface area contributed by atoms with E-state index in [1.54, 1.807) is 29.2 Å². The van der Waals surface area contributed by atoms with Crippen molar-refractivity contribution in [3.8, 4) is 5.69 Å². The number of benzene rings is 1. The largest absolute Gasteiger partial charge is 0.432 e. The molecule has 0 bridgehead atoms. The van der Waals surface area contributed by atoms with Crippen molar-refractivity contribution in [1.29, 1.82) is 0 Å². The predicted molar refractivity (Wildman–Crippen MR) is 84.5 cm³/mol. The number of hydrogen-bond acceptors (Lipinski definition) is 4. The van der Waals surface area contributed by atoms with E-state index < -0.39 is 12.2 Å². The maximum Gasteiger partial charge on any atom is 0.304 e. The summed E-state index contributed by atoms with van der Waals surface area (Å²) in [6, 6.07) is 8.09. The van der Waals surface area contributed by atoms with Gasteiger partial charge in [0, 0.05) is 31.1 Å². The number of halogens is 1. The van der Waals surface area contributed by atoms with Crippen molar-refractivity contribution in [1.82, 2.24) is 14.5 Å². The maximum atomic E-state index is 13.9. The minimum Gasteiger partial charge on any atom is -0.432 e. The Balaban J connectivity index is 2.00. The number of fused-ring (bicyclic) bond motifs is 3. The molecule has 1 atom stereocenters. The van der Waals surface area contributed by atoms with Gasteiger partial charge in [-0.25, -0.2) is 14.4 Å². The molecule has 2 aromatic heterocycles. The zero-order valence-electron chi connectivity index (χ0n) is 12.7. The summed E-state index contributed by atoms with van der Waals surface area (Å²) in [5.41, 5.74) is 2.51. The number of hydrogen-bond donors (Lipinski definition) is 1. The van der Waals surface area contributed by atoms with Crippen molar-refractivity contribution in [3.05, 3.63) is 71.8 Å². The summed E-state index contributed by atoms with van der Waals surface area (Å²) >= 11 is 0. The quantitative estimate of drug-likeness (QED) is 0.737. The molecule has 7 heteroatoms. The van der Waals surface area contributed by atoms with Crippen molar-refractivity contribution < 1.29 is 13.9 Å². The Morgan fingerprint density at radius 2 is 2.25 bits per heavy atom. The number of H-pyrrole nitrogens is 1. The highest BCUT2D eigenvalue weighted by atomic mass is 19.1. The summed E-state index contributed by atoms with van der Waals surface area (Å²) in [7, 11) is 0. The normalized spacial score (nSPS) is 15.9. The first-order valence-corrected chi connectivity index (χ1v) is 7.36. The van der Waals surface area contributed by atoms with Gasteiger partial charge >= 0.3 is 5.97 Å². The van der Waals surface area contributed by atoms with Gasteiger partial charge in [0.15, 0.2) is 5.82 Å². The number of aromatic nitrogens is 3. The highest BCUT2D eigenvalue weighted by molar-refractivity contribution is 6.14. The first-order chi connectivity index (χ1) is 11.6. The zero-order valence-corrected chi connectivity index (χ0v) is 12.7. The van der Waals surface area contributed by atoms with Crippen LogP contribution in [-0.4, -0.2) is 26.2 Å². The van der Waals surface area contributed by atoms with Crippen molar-refractivity contribution >= 4 is 11.7 Å². The molecule has 1 N–H and O–H groups in total. The third-order valence-electron chi connectivity index (χ3n) is 3.74. The lowest BCUT2D eigenvalue weighted by Crippen LogP contribution is -2.11. The fraction of sp³-hybridized carbons (Fsp3) is 0.118. The van der Waals surface area contributed by atoms with E-state index in [1.807, 2.05) is 12.1 Å². The van der Waals surface area contributed by atoms with Crippen LogP contribution in [0.5, 0.6) is 0 Å². The minimum absolute atomic E-state index is 0.374.